The maximum absolute atomic E-state index is 12.8. The smallest absolute Gasteiger partial charge is 0.244 e. The number of para-hydroxylation sites is 2. The van der Waals surface area contributed by atoms with Crippen molar-refractivity contribution < 1.29 is 4.79 Å². The average molecular weight is 414 g/mol. The second-order valence-electron chi connectivity index (χ2n) is 6.70. The number of rotatable bonds is 5. The zero-order valence-corrected chi connectivity index (χ0v) is 16.8. The molecule has 0 radical (unpaired) electrons. The minimum atomic E-state index is -0.153. The summed E-state index contributed by atoms with van der Waals surface area (Å²) < 4.78 is 2.08. The summed E-state index contributed by atoms with van der Waals surface area (Å²) in [6.07, 6.45) is 2.35. The number of H-pyrrole nitrogens is 1. The first-order chi connectivity index (χ1) is 13.6. The van der Waals surface area contributed by atoms with E-state index in [2.05, 4.69) is 20.4 Å². The molecule has 1 amide bonds. The summed E-state index contributed by atoms with van der Waals surface area (Å²) in [4.78, 5) is 15.1. The van der Waals surface area contributed by atoms with E-state index in [4.69, 9.17) is 23.8 Å². The van der Waals surface area contributed by atoms with Crippen LogP contribution in [-0.4, -0.2) is 33.8 Å². The van der Waals surface area contributed by atoms with Crippen molar-refractivity contribution in [3.05, 3.63) is 58.3 Å². The summed E-state index contributed by atoms with van der Waals surface area (Å²) in [6.45, 7) is 2.10. The fraction of sp³-hybridized carbons (Fsp3) is 0.250. The molecular weight excluding hydrogens is 394 g/mol. The van der Waals surface area contributed by atoms with Gasteiger partial charge in [-0.05, 0) is 61.5 Å². The number of hydrogen-bond donors (Lipinski definition) is 2. The first-order valence-corrected chi connectivity index (χ1v) is 9.95. The van der Waals surface area contributed by atoms with Crippen LogP contribution in [-0.2, 0) is 11.3 Å². The second-order valence-corrected chi connectivity index (χ2v) is 7.53. The molecule has 0 saturated carbocycles. The molecule has 1 saturated heterocycles. The molecule has 1 aliphatic rings. The number of nitrogens with one attached hydrogen (secondary N) is 2. The highest BCUT2D eigenvalue weighted by atomic mass is 35.5. The predicted molar refractivity (Wildman–Crippen MR) is 114 cm³/mol. The van der Waals surface area contributed by atoms with Crippen LogP contribution in [0.15, 0.2) is 48.5 Å². The van der Waals surface area contributed by atoms with Crippen LogP contribution in [0.2, 0.25) is 5.02 Å². The molecule has 6 nitrogen and oxygen atoms in total. The van der Waals surface area contributed by atoms with Crippen LogP contribution in [0.25, 0.3) is 11.4 Å². The number of halogens is 1. The molecule has 1 aliphatic heterocycles. The lowest BCUT2D eigenvalue weighted by atomic mass is 10.2. The van der Waals surface area contributed by atoms with Gasteiger partial charge < -0.3 is 10.2 Å². The number of aromatic nitrogens is 3. The number of hydrogen-bond acceptors (Lipinski definition) is 4. The lowest BCUT2D eigenvalue weighted by Crippen LogP contribution is -2.23. The van der Waals surface area contributed by atoms with Crippen molar-refractivity contribution in [3.8, 4) is 11.4 Å². The van der Waals surface area contributed by atoms with E-state index in [1.165, 1.54) is 12.8 Å². The second kappa shape index (κ2) is 8.16. The first kappa shape index (κ1) is 18.7. The van der Waals surface area contributed by atoms with Crippen LogP contribution in [0.5, 0.6) is 0 Å². The third-order valence-corrected chi connectivity index (χ3v) is 5.35. The normalized spacial score (nSPS) is 13.7. The van der Waals surface area contributed by atoms with E-state index in [9.17, 15) is 4.79 Å². The molecule has 2 N–H and O–H groups in total. The van der Waals surface area contributed by atoms with Crippen molar-refractivity contribution in [1.29, 1.82) is 0 Å². The molecule has 0 atom stereocenters. The number of aromatic amines is 1. The summed E-state index contributed by atoms with van der Waals surface area (Å²) in [7, 11) is 0. The Balaban J connectivity index is 1.55. The van der Waals surface area contributed by atoms with Crippen LogP contribution in [0.4, 0.5) is 11.4 Å². The number of benzene rings is 2. The van der Waals surface area contributed by atoms with Crippen molar-refractivity contribution in [2.75, 3.05) is 23.3 Å². The molecule has 4 rings (SSSR count). The monoisotopic (exact) mass is 413 g/mol. The third-order valence-electron chi connectivity index (χ3n) is 4.79. The number of carbonyl (C=O) groups excluding carboxylic acids is 1. The van der Waals surface area contributed by atoms with Crippen LogP contribution in [0.3, 0.4) is 0 Å². The maximum Gasteiger partial charge on any atom is 0.244 e. The molecule has 0 bridgehead atoms. The molecule has 28 heavy (non-hydrogen) atoms. The van der Waals surface area contributed by atoms with Crippen molar-refractivity contribution in [2.45, 2.75) is 19.4 Å². The van der Waals surface area contributed by atoms with Gasteiger partial charge in [0.05, 0.1) is 11.4 Å². The molecule has 8 heteroatoms. The fourth-order valence-corrected chi connectivity index (χ4v) is 3.75. The van der Waals surface area contributed by atoms with Crippen molar-refractivity contribution in [2.24, 2.45) is 0 Å². The van der Waals surface area contributed by atoms with Gasteiger partial charge in [0.2, 0.25) is 5.91 Å². The van der Waals surface area contributed by atoms with Gasteiger partial charge in [-0.15, -0.1) is 0 Å². The van der Waals surface area contributed by atoms with Gasteiger partial charge in [-0.1, -0.05) is 23.7 Å². The molecular formula is C20H20ClN5OS. The third kappa shape index (κ3) is 3.95. The van der Waals surface area contributed by atoms with Gasteiger partial charge in [-0.3, -0.25) is 14.5 Å². The van der Waals surface area contributed by atoms with Crippen molar-refractivity contribution in [1.82, 2.24) is 14.8 Å². The van der Waals surface area contributed by atoms with Gasteiger partial charge in [0.1, 0.15) is 6.54 Å². The Kier molecular flexibility index (Phi) is 5.45. The zero-order valence-electron chi connectivity index (χ0n) is 15.2. The SMILES string of the molecule is O=C(Cn1c(-c2ccc(Cl)cc2)n[nH]c1=S)Nc1ccccc1N1CCCC1. The van der Waals surface area contributed by atoms with E-state index in [1.54, 1.807) is 16.7 Å². The van der Waals surface area contributed by atoms with Crippen LogP contribution < -0.4 is 10.2 Å². The summed E-state index contributed by atoms with van der Waals surface area (Å²) in [5.41, 5.74) is 2.71. The van der Waals surface area contributed by atoms with E-state index >= 15 is 0 Å². The van der Waals surface area contributed by atoms with E-state index in [-0.39, 0.29) is 12.5 Å². The first-order valence-electron chi connectivity index (χ1n) is 9.17. The Labute approximate surface area is 173 Å². The Bertz CT molecular complexity index is 1040. The molecule has 1 aromatic heterocycles. The Hall–Kier alpha value is -2.64. The standard InChI is InChI=1S/C20H20ClN5OS/c21-15-9-7-14(8-10-15)19-23-24-20(28)26(19)13-18(27)22-16-5-1-2-6-17(16)25-11-3-4-12-25/h1-2,5-10H,3-4,11-13H2,(H,22,27)(H,24,28). The molecule has 3 aromatic rings. The van der Waals surface area contributed by atoms with E-state index < -0.39 is 0 Å². The molecule has 1 fully saturated rings. The number of anilines is 2. The average Bonchev–Trinajstić information content (AvgIpc) is 3.34. The Morgan fingerprint density at radius 1 is 1.14 bits per heavy atom. The molecule has 0 aliphatic carbocycles. The fourth-order valence-electron chi connectivity index (χ4n) is 3.43. The summed E-state index contributed by atoms with van der Waals surface area (Å²) in [6, 6.07) is 15.2. The molecule has 0 spiro atoms. The molecule has 2 heterocycles. The van der Waals surface area contributed by atoms with Gasteiger partial charge in [0.15, 0.2) is 10.6 Å². The Morgan fingerprint density at radius 3 is 2.61 bits per heavy atom. The van der Waals surface area contributed by atoms with E-state index in [0.29, 0.717) is 15.6 Å². The highest BCUT2D eigenvalue weighted by Crippen LogP contribution is 2.28. The minimum absolute atomic E-state index is 0.0711. The molecule has 2 aromatic carbocycles. The van der Waals surface area contributed by atoms with Crippen LogP contribution in [0.1, 0.15) is 12.8 Å². The highest BCUT2D eigenvalue weighted by molar-refractivity contribution is 7.71. The van der Waals surface area contributed by atoms with Crippen molar-refractivity contribution >= 4 is 41.1 Å². The molecule has 0 unspecified atom stereocenters. The number of amides is 1. The van der Waals surface area contributed by atoms with Gasteiger partial charge in [0.25, 0.3) is 0 Å². The van der Waals surface area contributed by atoms with Crippen molar-refractivity contribution in [3.63, 3.8) is 0 Å². The van der Waals surface area contributed by atoms with Gasteiger partial charge >= 0.3 is 0 Å². The highest BCUT2D eigenvalue weighted by Gasteiger charge is 2.18. The number of nitrogens with zero attached hydrogens (tertiary/aromatic N) is 3. The topological polar surface area (TPSA) is 66.0 Å². The quantitative estimate of drug-likeness (QED) is 0.604. The number of carbonyl (C=O) groups is 1. The van der Waals surface area contributed by atoms with E-state index in [1.807, 2.05) is 36.4 Å². The van der Waals surface area contributed by atoms with Gasteiger partial charge in [-0.25, -0.2) is 0 Å². The predicted octanol–water partition coefficient (Wildman–Crippen LogP) is 4.50. The summed E-state index contributed by atoms with van der Waals surface area (Å²) >= 11 is 11.3. The summed E-state index contributed by atoms with van der Waals surface area (Å²) in [5, 5.41) is 10.7. The molecule has 144 valence electrons. The lowest BCUT2D eigenvalue weighted by Gasteiger charge is -2.21. The summed E-state index contributed by atoms with van der Waals surface area (Å²) in [5.74, 6) is 0.448. The van der Waals surface area contributed by atoms with Gasteiger partial charge in [0, 0.05) is 23.7 Å². The van der Waals surface area contributed by atoms with E-state index in [0.717, 1.165) is 30.0 Å². The lowest BCUT2D eigenvalue weighted by molar-refractivity contribution is -0.116. The van der Waals surface area contributed by atoms with Crippen LogP contribution >= 0.6 is 23.8 Å². The van der Waals surface area contributed by atoms with Crippen LogP contribution in [0, 0.1) is 4.77 Å². The zero-order chi connectivity index (χ0) is 19.5. The maximum atomic E-state index is 12.8. The minimum Gasteiger partial charge on any atom is -0.370 e. The largest absolute Gasteiger partial charge is 0.370 e. The van der Waals surface area contributed by atoms with Gasteiger partial charge in [-0.2, -0.15) is 5.10 Å². The Morgan fingerprint density at radius 2 is 1.86 bits per heavy atom.